The molecule has 1 saturated heterocycles. The van der Waals surface area contributed by atoms with Gasteiger partial charge in [-0.15, -0.1) is 0 Å². The van der Waals surface area contributed by atoms with Gasteiger partial charge in [0.05, 0.1) is 40.4 Å². The highest BCUT2D eigenvalue weighted by molar-refractivity contribution is 6.24. The number of aliphatic hydroxyl groups excluding tert-OH is 1. The molecule has 2 aromatic heterocycles. The molecular weight excluding hydrogens is 822 g/mol. The van der Waals surface area contributed by atoms with Crippen molar-refractivity contribution in [3.05, 3.63) is 82.8 Å². The molecular formula is C45H53F3N8O7. The molecule has 3 fully saturated rings. The number of fused-ring (bicyclic) bond motifs is 2. The van der Waals surface area contributed by atoms with E-state index in [0.717, 1.165) is 80.5 Å². The van der Waals surface area contributed by atoms with Gasteiger partial charge in [0.2, 0.25) is 5.91 Å². The van der Waals surface area contributed by atoms with Crippen LogP contribution in [0.2, 0.25) is 0 Å². The summed E-state index contributed by atoms with van der Waals surface area (Å²) in [6.45, 7) is 5.63. The molecule has 4 aliphatic rings. The highest BCUT2D eigenvalue weighted by Gasteiger charge is 2.46. The number of carbonyl (C=O) groups excluding carboxylic acids is 4. The first-order chi connectivity index (χ1) is 29.9. The topological polar surface area (TPSA) is 191 Å². The van der Waals surface area contributed by atoms with Gasteiger partial charge in [-0.1, -0.05) is 12.1 Å². The normalized spacial score (nSPS) is 24.1. The van der Waals surface area contributed by atoms with Gasteiger partial charge in [-0.25, -0.2) is 4.98 Å². The molecule has 2 aliphatic carbocycles. The van der Waals surface area contributed by atoms with Crippen LogP contribution in [0, 0.1) is 5.92 Å². The Morgan fingerprint density at radius 2 is 1.75 bits per heavy atom. The Labute approximate surface area is 362 Å². The highest BCUT2D eigenvalue weighted by Crippen LogP contribution is 2.38. The summed E-state index contributed by atoms with van der Waals surface area (Å²) in [6, 6.07) is 11.1. The Hall–Kier alpha value is -5.43. The van der Waals surface area contributed by atoms with E-state index in [1.165, 1.54) is 6.07 Å². The van der Waals surface area contributed by atoms with Crippen LogP contribution >= 0.6 is 0 Å². The fourth-order valence-electron chi connectivity index (χ4n) is 9.31. The summed E-state index contributed by atoms with van der Waals surface area (Å²) in [4.78, 5) is 58.4. The maximum absolute atomic E-state index is 13.5. The predicted octanol–water partition coefficient (Wildman–Crippen LogP) is 5.84. The number of anilines is 2. The van der Waals surface area contributed by atoms with Crippen molar-refractivity contribution in [3.8, 4) is 0 Å². The van der Waals surface area contributed by atoms with Crippen LogP contribution in [-0.2, 0) is 21.3 Å². The number of aromatic nitrogens is 3. The molecule has 18 heteroatoms. The molecule has 2 unspecified atom stereocenters. The maximum Gasteiger partial charge on any atom is 0.433 e. The monoisotopic (exact) mass is 874 g/mol. The van der Waals surface area contributed by atoms with Gasteiger partial charge in [-0.05, 0) is 115 Å². The summed E-state index contributed by atoms with van der Waals surface area (Å²) in [6.07, 6.45) is 2.70. The van der Waals surface area contributed by atoms with E-state index in [2.05, 4.69) is 32.9 Å². The number of halogens is 3. The molecule has 2 saturated carbocycles. The van der Waals surface area contributed by atoms with Gasteiger partial charge in [0.1, 0.15) is 17.6 Å². The van der Waals surface area contributed by atoms with Crippen LogP contribution in [-0.4, -0.2) is 110 Å². The number of ether oxygens (including phenoxy) is 1. The average Bonchev–Trinajstić information content (AvgIpc) is 3.75. The molecule has 336 valence electrons. The number of piperidine rings is 1. The molecule has 4 amide bonds. The van der Waals surface area contributed by atoms with E-state index in [9.17, 15) is 42.6 Å². The van der Waals surface area contributed by atoms with Crippen molar-refractivity contribution in [2.45, 2.75) is 114 Å². The zero-order chi connectivity index (χ0) is 44.8. The summed E-state index contributed by atoms with van der Waals surface area (Å²) in [5.41, 5.74) is -0.512. The zero-order valence-corrected chi connectivity index (χ0v) is 35.5. The smallest absolute Gasteiger partial charge is 0.386 e. The fraction of sp³-hybridized carbons (Fsp3) is 0.511. The van der Waals surface area contributed by atoms with Gasteiger partial charge in [0.25, 0.3) is 17.7 Å². The predicted molar refractivity (Wildman–Crippen MR) is 226 cm³/mol. The van der Waals surface area contributed by atoms with E-state index in [-0.39, 0.29) is 48.2 Å². The molecule has 2 aliphatic heterocycles. The maximum atomic E-state index is 13.5. The molecule has 8 rings (SSSR count). The van der Waals surface area contributed by atoms with Crippen LogP contribution in [0.3, 0.4) is 0 Å². The van der Waals surface area contributed by atoms with Gasteiger partial charge in [0, 0.05) is 60.7 Å². The van der Waals surface area contributed by atoms with E-state index in [4.69, 9.17) is 9.84 Å². The number of hydrogen-bond acceptors (Lipinski definition) is 11. The number of rotatable bonds is 14. The van der Waals surface area contributed by atoms with Crippen LogP contribution in [0.1, 0.15) is 120 Å². The van der Waals surface area contributed by atoms with Gasteiger partial charge in [-0.2, -0.15) is 18.3 Å². The lowest BCUT2D eigenvalue weighted by molar-refractivity contribution is -0.141. The lowest BCUT2D eigenvalue weighted by atomic mass is 9.86. The summed E-state index contributed by atoms with van der Waals surface area (Å²) in [5.74, 6) is -1.55. The standard InChI is InChI=1S/C45H53F3N8O7/c1-44(2,62)31-22-34-26(19-35(31)51-40(58)33-9-5-10-37(50-33)45(46,47)48)24-55(53-34)28-13-11-25(12-14-28)23-54(3)17-6-18-63-29-20-27(21-29)49-32-8-4-7-30-39(32)43(61)56(42(30)60)36-15-16-38(57)52-41(36)59/h4-5,7-10,19,22,24-25,27-29,36,41,49,59,62H,6,11-18,20-21,23H2,1-3H3,(H,51,58)(H,52,57)/t25?,27-,28?,29-,36?,41?. The first-order valence-electron chi connectivity index (χ1n) is 21.6. The van der Waals surface area contributed by atoms with Crippen LogP contribution < -0.4 is 16.0 Å². The number of nitrogens with zero attached hydrogens (tertiary/aromatic N) is 5. The number of benzene rings is 2. The van der Waals surface area contributed by atoms with Crippen LogP contribution in [0.15, 0.2) is 54.7 Å². The molecule has 0 spiro atoms. The first-order valence-corrected chi connectivity index (χ1v) is 21.6. The Balaban J connectivity index is 0.767. The number of imide groups is 1. The van der Waals surface area contributed by atoms with E-state index in [0.29, 0.717) is 34.9 Å². The Morgan fingerprint density at radius 1 is 1.00 bits per heavy atom. The van der Waals surface area contributed by atoms with Gasteiger partial charge < -0.3 is 35.8 Å². The van der Waals surface area contributed by atoms with E-state index in [1.54, 1.807) is 44.2 Å². The minimum Gasteiger partial charge on any atom is -0.386 e. The molecule has 4 aromatic rings. The number of aliphatic hydroxyl groups is 2. The third kappa shape index (κ3) is 9.59. The van der Waals surface area contributed by atoms with Crippen molar-refractivity contribution < 1.29 is 47.3 Å². The second kappa shape index (κ2) is 17.6. The highest BCUT2D eigenvalue weighted by atomic mass is 19.4. The van der Waals surface area contributed by atoms with Crippen molar-refractivity contribution in [2.24, 2.45) is 5.92 Å². The first kappa shape index (κ1) is 44.2. The molecule has 2 atom stereocenters. The Morgan fingerprint density at radius 3 is 2.46 bits per heavy atom. The number of nitrogens with one attached hydrogen (secondary N) is 3. The fourth-order valence-corrected chi connectivity index (χ4v) is 9.31. The molecule has 5 N–H and O–H groups in total. The van der Waals surface area contributed by atoms with Crippen molar-refractivity contribution in [3.63, 3.8) is 0 Å². The van der Waals surface area contributed by atoms with E-state index < -0.39 is 53.2 Å². The number of alkyl halides is 3. The van der Waals surface area contributed by atoms with Crippen LogP contribution in [0.5, 0.6) is 0 Å². The summed E-state index contributed by atoms with van der Waals surface area (Å²) >= 11 is 0. The van der Waals surface area contributed by atoms with Gasteiger partial charge in [0.15, 0.2) is 0 Å². The second-order valence-corrected chi connectivity index (χ2v) is 17.9. The van der Waals surface area contributed by atoms with Crippen LogP contribution in [0.4, 0.5) is 24.5 Å². The quantitative estimate of drug-likeness (QED) is 0.0757. The Bertz CT molecular complexity index is 2390. The van der Waals surface area contributed by atoms with E-state index >= 15 is 0 Å². The second-order valence-electron chi connectivity index (χ2n) is 17.9. The molecule has 2 aromatic carbocycles. The number of carbonyl (C=O) groups is 4. The van der Waals surface area contributed by atoms with Crippen molar-refractivity contribution >= 4 is 45.9 Å². The third-order valence-corrected chi connectivity index (χ3v) is 12.7. The number of hydrogen-bond donors (Lipinski definition) is 5. The number of amides is 4. The van der Waals surface area contributed by atoms with Gasteiger partial charge in [-0.3, -0.25) is 28.8 Å². The van der Waals surface area contributed by atoms with Crippen molar-refractivity contribution in [2.75, 3.05) is 37.4 Å². The lowest BCUT2D eigenvalue weighted by Gasteiger charge is -2.37. The molecule has 0 bridgehead atoms. The molecule has 63 heavy (non-hydrogen) atoms. The third-order valence-electron chi connectivity index (χ3n) is 12.7. The summed E-state index contributed by atoms with van der Waals surface area (Å²) in [5, 5.41) is 35.4. The molecule has 4 heterocycles. The Kier molecular flexibility index (Phi) is 12.4. The minimum absolute atomic E-state index is 0.0882. The lowest BCUT2D eigenvalue weighted by Crippen LogP contribution is -2.57. The van der Waals surface area contributed by atoms with Crippen molar-refractivity contribution in [1.29, 1.82) is 0 Å². The molecule has 15 nitrogen and oxygen atoms in total. The summed E-state index contributed by atoms with van der Waals surface area (Å²) in [7, 11) is 2.13. The van der Waals surface area contributed by atoms with E-state index in [1.807, 2.05) is 10.9 Å². The molecule has 0 radical (unpaired) electrons. The average molecular weight is 875 g/mol. The SMILES string of the molecule is CN(CCCO[C@H]1C[C@H](Nc2cccc3c2C(=O)N(C2CCC(=O)NC2O)C3=O)C1)CC1CCC(n2cc3cc(NC(=O)c4cccc(C(F)(F)F)n4)c(C(C)(C)O)cc3n2)CC1. The zero-order valence-electron chi connectivity index (χ0n) is 35.5. The van der Waals surface area contributed by atoms with Gasteiger partial charge >= 0.3 is 6.18 Å². The number of pyridine rings is 1. The minimum atomic E-state index is -4.70. The summed E-state index contributed by atoms with van der Waals surface area (Å²) < 4.78 is 47.9. The van der Waals surface area contributed by atoms with Crippen LogP contribution in [0.25, 0.3) is 10.9 Å². The van der Waals surface area contributed by atoms with Crippen molar-refractivity contribution in [1.82, 2.24) is 29.9 Å². The largest absolute Gasteiger partial charge is 0.433 e.